The monoisotopic (exact) mass is 422 g/mol. The van der Waals surface area contributed by atoms with Gasteiger partial charge in [-0.1, -0.05) is 39.0 Å². The minimum absolute atomic E-state index is 0.0309. The zero-order valence-electron chi connectivity index (χ0n) is 17.2. The Kier molecular flexibility index (Phi) is 6.89. The lowest BCUT2D eigenvalue weighted by Crippen LogP contribution is -2.35. The maximum Gasteiger partial charge on any atom is 0.261 e. The zero-order valence-corrected chi connectivity index (χ0v) is 18.1. The quantitative estimate of drug-likeness (QED) is 0.714. The van der Waals surface area contributed by atoms with Crippen molar-refractivity contribution in [1.29, 1.82) is 0 Å². The van der Waals surface area contributed by atoms with Gasteiger partial charge < -0.3 is 10.1 Å². The van der Waals surface area contributed by atoms with Crippen molar-refractivity contribution >= 4 is 21.6 Å². The molecule has 29 heavy (non-hydrogen) atoms. The van der Waals surface area contributed by atoms with E-state index in [2.05, 4.69) is 30.8 Å². The third-order valence-corrected chi connectivity index (χ3v) is 4.79. The van der Waals surface area contributed by atoms with Crippen molar-refractivity contribution in [2.45, 2.75) is 45.8 Å². The first-order chi connectivity index (χ1) is 13.3. The maximum absolute atomic E-state index is 14.0. The highest BCUT2D eigenvalue weighted by Gasteiger charge is 2.17. The Morgan fingerprint density at radius 1 is 1.14 bits per heavy atom. The molecule has 2 aromatic carbocycles. The largest absolute Gasteiger partial charge is 0.481 e. The Labute approximate surface area is 171 Å². The lowest BCUT2D eigenvalue weighted by Gasteiger charge is -2.20. The van der Waals surface area contributed by atoms with Crippen molar-refractivity contribution in [3.05, 3.63) is 59.4 Å². The fourth-order valence-electron chi connectivity index (χ4n) is 2.58. The second kappa shape index (κ2) is 8.82. The minimum atomic E-state index is -3.57. The Hall–Kier alpha value is -2.61. The van der Waals surface area contributed by atoms with Gasteiger partial charge in [-0.3, -0.25) is 9.52 Å². The van der Waals surface area contributed by atoms with Gasteiger partial charge in [-0.05, 0) is 47.7 Å². The van der Waals surface area contributed by atoms with Gasteiger partial charge in [0, 0.05) is 6.54 Å². The fraction of sp³-hybridized carbons (Fsp3) is 0.381. The molecule has 0 fully saturated rings. The van der Waals surface area contributed by atoms with E-state index in [1.807, 2.05) is 24.3 Å². The molecule has 0 unspecified atom stereocenters. The molecule has 2 N–H and O–H groups in total. The predicted molar refractivity (Wildman–Crippen MR) is 112 cm³/mol. The topological polar surface area (TPSA) is 84.5 Å². The van der Waals surface area contributed by atoms with Crippen LogP contribution in [0.15, 0.2) is 42.5 Å². The van der Waals surface area contributed by atoms with Gasteiger partial charge in [-0.15, -0.1) is 0 Å². The molecule has 0 heterocycles. The first-order valence-corrected chi connectivity index (χ1v) is 11.1. The molecule has 6 nitrogen and oxygen atoms in total. The number of rotatable bonds is 7. The predicted octanol–water partition coefficient (Wildman–Crippen LogP) is 3.58. The highest BCUT2D eigenvalue weighted by molar-refractivity contribution is 7.92. The van der Waals surface area contributed by atoms with Crippen LogP contribution in [-0.4, -0.2) is 26.7 Å². The number of hydrogen-bond acceptors (Lipinski definition) is 4. The second-order valence-electron chi connectivity index (χ2n) is 7.94. The minimum Gasteiger partial charge on any atom is -0.481 e. The number of carbonyl (C=O) groups excluding carboxylic acids is 1. The normalized spacial score (nSPS) is 12.9. The number of ether oxygens (including phenoxy) is 1. The number of benzene rings is 2. The molecular formula is C21H27FN2O4S. The molecule has 2 rings (SSSR count). The van der Waals surface area contributed by atoms with E-state index < -0.39 is 21.9 Å². The number of sulfonamides is 1. The summed E-state index contributed by atoms with van der Waals surface area (Å²) in [4.78, 5) is 12.3. The average molecular weight is 423 g/mol. The number of hydrogen-bond donors (Lipinski definition) is 2. The summed E-state index contributed by atoms with van der Waals surface area (Å²) in [5.41, 5.74) is 1.55. The van der Waals surface area contributed by atoms with E-state index in [4.69, 9.17) is 4.74 Å². The Morgan fingerprint density at radius 3 is 2.28 bits per heavy atom. The van der Waals surface area contributed by atoms with Gasteiger partial charge in [0.05, 0.1) is 11.9 Å². The first-order valence-electron chi connectivity index (χ1n) is 9.16. The molecule has 0 aromatic heterocycles. The first kappa shape index (κ1) is 22.7. The molecule has 1 atom stereocenters. The van der Waals surface area contributed by atoms with Gasteiger partial charge in [-0.25, -0.2) is 12.8 Å². The molecule has 1 amide bonds. The van der Waals surface area contributed by atoms with E-state index in [-0.39, 0.29) is 23.6 Å². The molecule has 2 aromatic rings. The molecule has 8 heteroatoms. The molecule has 158 valence electrons. The second-order valence-corrected chi connectivity index (χ2v) is 9.69. The van der Waals surface area contributed by atoms with Crippen LogP contribution in [0.25, 0.3) is 0 Å². The van der Waals surface area contributed by atoms with Gasteiger partial charge in [0.1, 0.15) is 11.6 Å². The Morgan fingerprint density at radius 2 is 1.76 bits per heavy atom. The number of anilines is 1. The highest BCUT2D eigenvalue weighted by atomic mass is 32.2. The molecule has 0 bridgehead atoms. The van der Waals surface area contributed by atoms with E-state index in [0.717, 1.165) is 11.8 Å². The summed E-state index contributed by atoms with van der Waals surface area (Å²) in [6.07, 6.45) is 0.213. The van der Waals surface area contributed by atoms with E-state index in [9.17, 15) is 17.6 Å². The summed E-state index contributed by atoms with van der Waals surface area (Å²) in [5.74, 6) is -0.475. The van der Waals surface area contributed by atoms with Crippen molar-refractivity contribution in [1.82, 2.24) is 5.32 Å². The molecule has 0 spiro atoms. The molecule has 0 aliphatic carbocycles. The van der Waals surface area contributed by atoms with Crippen LogP contribution in [-0.2, 0) is 26.8 Å². The van der Waals surface area contributed by atoms with Crippen LogP contribution in [0.2, 0.25) is 0 Å². The average Bonchev–Trinajstić information content (AvgIpc) is 2.60. The summed E-state index contributed by atoms with van der Waals surface area (Å²) in [6.45, 7) is 8.07. The third-order valence-electron chi connectivity index (χ3n) is 4.20. The third kappa shape index (κ3) is 7.05. The van der Waals surface area contributed by atoms with Crippen molar-refractivity contribution in [2.24, 2.45) is 0 Å². The lowest BCUT2D eigenvalue weighted by atomic mass is 9.87. The van der Waals surface area contributed by atoms with Crippen LogP contribution in [0.5, 0.6) is 5.75 Å². The standard InChI is InChI=1S/C21H27FN2O4S/c1-14(28-17-9-7-16(8-10-17)21(2,3)4)20(25)23-13-15-6-11-19(18(22)12-15)24-29(5,26)27/h6-12,14,24H,13H2,1-5H3,(H,23,25)/t14-/m0/s1. The van der Waals surface area contributed by atoms with E-state index in [1.54, 1.807) is 6.92 Å². The van der Waals surface area contributed by atoms with E-state index in [0.29, 0.717) is 11.3 Å². The maximum atomic E-state index is 14.0. The van der Waals surface area contributed by atoms with Gasteiger partial charge in [0.25, 0.3) is 5.91 Å². The lowest BCUT2D eigenvalue weighted by molar-refractivity contribution is -0.127. The summed E-state index contributed by atoms with van der Waals surface area (Å²) in [6, 6.07) is 11.6. The SMILES string of the molecule is C[C@H](Oc1ccc(C(C)(C)C)cc1)C(=O)NCc1ccc(NS(C)(=O)=O)c(F)c1. The number of carbonyl (C=O) groups is 1. The molecule has 0 saturated carbocycles. The summed E-state index contributed by atoms with van der Waals surface area (Å²) >= 11 is 0. The van der Waals surface area contributed by atoms with E-state index >= 15 is 0 Å². The zero-order chi connectivity index (χ0) is 21.8. The summed E-state index contributed by atoms with van der Waals surface area (Å²) in [5, 5.41) is 2.68. The fourth-order valence-corrected chi connectivity index (χ4v) is 3.14. The van der Waals surface area contributed by atoms with Crippen molar-refractivity contribution < 1.29 is 22.3 Å². The molecular weight excluding hydrogens is 395 g/mol. The van der Waals surface area contributed by atoms with E-state index in [1.165, 1.54) is 18.2 Å². The molecule has 0 radical (unpaired) electrons. The van der Waals surface area contributed by atoms with Crippen molar-refractivity contribution in [2.75, 3.05) is 11.0 Å². The smallest absolute Gasteiger partial charge is 0.261 e. The summed E-state index contributed by atoms with van der Waals surface area (Å²) < 4.78 is 44.2. The van der Waals surface area contributed by atoms with Crippen LogP contribution in [0.4, 0.5) is 10.1 Å². The molecule has 0 aliphatic rings. The Bertz CT molecular complexity index is 967. The number of nitrogens with one attached hydrogen (secondary N) is 2. The van der Waals surface area contributed by atoms with Gasteiger partial charge in [0.2, 0.25) is 10.0 Å². The summed E-state index contributed by atoms with van der Waals surface area (Å²) in [7, 11) is -3.57. The van der Waals surface area contributed by atoms with Crippen molar-refractivity contribution in [3.8, 4) is 5.75 Å². The highest BCUT2D eigenvalue weighted by Crippen LogP contribution is 2.24. The van der Waals surface area contributed by atoms with Gasteiger partial charge in [-0.2, -0.15) is 0 Å². The van der Waals surface area contributed by atoms with Gasteiger partial charge in [0.15, 0.2) is 6.10 Å². The van der Waals surface area contributed by atoms with Gasteiger partial charge >= 0.3 is 0 Å². The van der Waals surface area contributed by atoms with Crippen LogP contribution < -0.4 is 14.8 Å². The van der Waals surface area contributed by atoms with Crippen molar-refractivity contribution in [3.63, 3.8) is 0 Å². The van der Waals surface area contributed by atoms with Crippen LogP contribution in [0.1, 0.15) is 38.8 Å². The molecule has 0 saturated heterocycles. The molecule has 0 aliphatic heterocycles. The number of amides is 1. The van der Waals surface area contributed by atoms with Crippen LogP contribution in [0, 0.1) is 5.82 Å². The van der Waals surface area contributed by atoms with Crippen LogP contribution >= 0.6 is 0 Å². The number of halogens is 1. The Balaban J connectivity index is 1.92. The van der Waals surface area contributed by atoms with Crippen LogP contribution in [0.3, 0.4) is 0 Å².